The summed E-state index contributed by atoms with van der Waals surface area (Å²) in [7, 11) is 0. The molecule has 1 unspecified atom stereocenters. The number of benzene rings is 1. The highest BCUT2D eigenvalue weighted by Crippen LogP contribution is 2.18. The van der Waals surface area contributed by atoms with Gasteiger partial charge in [0, 0.05) is 36.6 Å². The Hall–Kier alpha value is -2.34. The summed E-state index contributed by atoms with van der Waals surface area (Å²) in [5.74, 6) is 0.834. The molecule has 2 aromatic rings. The molecule has 2 heterocycles. The zero-order chi connectivity index (χ0) is 17.6. The zero-order valence-electron chi connectivity index (χ0n) is 14.1. The first kappa shape index (κ1) is 17.5. The smallest absolute Gasteiger partial charge is 0.317 e. The number of likely N-dealkylation sites (tertiary alicyclic amines) is 1. The van der Waals surface area contributed by atoms with Crippen LogP contribution >= 0.6 is 11.6 Å². The summed E-state index contributed by atoms with van der Waals surface area (Å²) in [6, 6.07) is 11.1. The van der Waals surface area contributed by atoms with Gasteiger partial charge in [-0.15, -0.1) is 5.10 Å². The van der Waals surface area contributed by atoms with Crippen LogP contribution in [0.2, 0.25) is 5.02 Å². The first-order valence-corrected chi connectivity index (χ1v) is 8.68. The SMILES string of the molecule is Cc1ccc(OCC2CCN(C(=O)NCc3ccc(Cl)cc3)C2)nn1. The first-order chi connectivity index (χ1) is 12.1. The van der Waals surface area contributed by atoms with E-state index in [0.29, 0.717) is 36.5 Å². The van der Waals surface area contributed by atoms with E-state index in [0.717, 1.165) is 24.2 Å². The molecular weight excluding hydrogens is 340 g/mol. The van der Waals surface area contributed by atoms with Crippen LogP contribution in [-0.4, -0.2) is 40.8 Å². The fourth-order valence-electron chi connectivity index (χ4n) is 2.71. The van der Waals surface area contributed by atoms with Crippen LogP contribution < -0.4 is 10.1 Å². The lowest BCUT2D eigenvalue weighted by atomic mass is 10.1. The van der Waals surface area contributed by atoms with Gasteiger partial charge in [-0.1, -0.05) is 23.7 Å². The molecule has 0 spiro atoms. The molecular formula is C18H21ClN4O2. The topological polar surface area (TPSA) is 67.3 Å². The maximum absolute atomic E-state index is 12.3. The number of aromatic nitrogens is 2. The van der Waals surface area contributed by atoms with Crippen LogP contribution in [0.15, 0.2) is 36.4 Å². The van der Waals surface area contributed by atoms with E-state index in [-0.39, 0.29) is 6.03 Å². The number of halogens is 1. The standard InChI is InChI=1S/C18H21ClN4O2/c1-13-2-7-17(22-21-13)25-12-15-8-9-23(11-15)18(24)20-10-14-3-5-16(19)6-4-14/h2-7,15H,8-12H2,1H3,(H,20,24). The van der Waals surface area contributed by atoms with Gasteiger partial charge in [0.15, 0.2) is 0 Å². The molecule has 2 amide bonds. The van der Waals surface area contributed by atoms with Crippen LogP contribution in [0.25, 0.3) is 0 Å². The average molecular weight is 361 g/mol. The fraction of sp³-hybridized carbons (Fsp3) is 0.389. The molecule has 1 aromatic carbocycles. The molecule has 3 rings (SSSR count). The van der Waals surface area contributed by atoms with Crippen molar-refractivity contribution < 1.29 is 9.53 Å². The predicted molar refractivity (Wildman–Crippen MR) is 95.6 cm³/mol. The van der Waals surface area contributed by atoms with E-state index < -0.39 is 0 Å². The second-order valence-electron chi connectivity index (χ2n) is 6.21. The van der Waals surface area contributed by atoms with E-state index >= 15 is 0 Å². The Morgan fingerprint density at radius 1 is 1.28 bits per heavy atom. The molecule has 1 aromatic heterocycles. The maximum Gasteiger partial charge on any atom is 0.317 e. The number of hydrogen-bond donors (Lipinski definition) is 1. The van der Waals surface area contributed by atoms with Crippen LogP contribution in [0.4, 0.5) is 4.79 Å². The zero-order valence-corrected chi connectivity index (χ0v) is 14.9. The van der Waals surface area contributed by atoms with E-state index in [1.165, 1.54) is 0 Å². The highest BCUT2D eigenvalue weighted by Gasteiger charge is 2.26. The van der Waals surface area contributed by atoms with E-state index in [9.17, 15) is 4.79 Å². The Morgan fingerprint density at radius 3 is 2.80 bits per heavy atom. The largest absolute Gasteiger partial charge is 0.476 e. The Labute approximate surface area is 152 Å². The van der Waals surface area contributed by atoms with Crippen molar-refractivity contribution in [1.82, 2.24) is 20.4 Å². The lowest BCUT2D eigenvalue weighted by molar-refractivity contribution is 0.200. The van der Waals surface area contributed by atoms with E-state index in [1.54, 1.807) is 0 Å². The third-order valence-corrected chi connectivity index (χ3v) is 4.42. The van der Waals surface area contributed by atoms with E-state index in [4.69, 9.17) is 16.3 Å². The number of aryl methyl sites for hydroxylation is 1. The Balaban J connectivity index is 1.41. The number of hydrogen-bond acceptors (Lipinski definition) is 4. The molecule has 0 bridgehead atoms. The minimum atomic E-state index is -0.0485. The lowest BCUT2D eigenvalue weighted by Crippen LogP contribution is -2.38. The maximum atomic E-state index is 12.3. The van der Waals surface area contributed by atoms with Crippen LogP contribution in [0.3, 0.4) is 0 Å². The van der Waals surface area contributed by atoms with Crippen molar-refractivity contribution in [3.63, 3.8) is 0 Å². The van der Waals surface area contributed by atoms with Gasteiger partial charge in [0.05, 0.1) is 12.3 Å². The average Bonchev–Trinajstić information content (AvgIpc) is 3.10. The number of nitrogens with zero attached hydrogens (tertiary/aromatic N) is 3. The van der Waals surface area contributed by atoms with E-state index in [1.807, 2.05) is 48.2 Å². The van der Waals surface area contributed by atoms with Gasteiger partial charge in [0.2, 0.25) is 5.88 Å². The van der Waals surface area contributed by atoms with Crippen molar-refractivity contribution in [2.24, 2.45) is 5.92 Å². The monoisotopic (exact) mass is 360 g/mol. The molecule has 1 fully saturated rings. The summed E-state index contributed by atoms with van der Waals surface area (Å²) in [6.45, 7) is 4.34. The number of urea groups is 1. The molecule has 1 atom stereocenters. The van der Waals surface area contributed by atoms with Crippen LogP contribution in [-0.2, 0) is 6.54 Å². The molecule has 0 saturated carbocycles. The van der Waals surface area contributed by atoms with E-state index in [2.05, 4.69) is 15.5 Å². The number of carbonyl (C=O) groups excluding carboxylic acids is 1. The van der Waals surface area contributed by atoms with Gasteiger partial charge in [-0.25, -0.2) is 4.79 Å². The highest BCUT2D eigenvalue weighted by atomic mass is 35.5. The lowest BCUT2D eigenvalue weighted by Gasteiger charge is -2.17. The molecule has 1 saturated heterocycles. The van der Waals surface area contributed by atoms with Crippen molar-refractivity contribution in [3.8, 4) is 5.88 Å². The van der Waals surface area contributed by atoms with Gasteiger partial charge in [0.1, 0.15) is 0 Å². The minimum absolute atomic E-state index is 0.0485. The summed E-state index contributed by atoms with van der Waals surface area (Å²) in [4.78, 5) is 14.1. The van der Waals surface area contributed by atoms with Crippen molar-refractivity contribution in [3.05, 3.63) is 52.7 Å². The van der Waals surface area contributed by atoms with Gasteiger partial charge >= 0.3 is 6.03 Å². The van der Waals surface area contributed by atoms with Gasteiger partial charge in [-0.2, -0.15) is 5.10 Å². The second-order valence-corrected chi connectivity index (χ2v) is 6.65. The molecule has 1 aliphatic rings. The Morgan fingerprint density at radius 2 is 2.08 bits per heavy atom. The highest BCUT2D eigenvalue weighted by molar-refractivity contribution is 6.30. The van der Waals surface area contributed by atoms with Gasteiger partial charge in [-0.3, -0.25) is 0 Å². The number of rotatable bonds is 5. The summed E-state index contributed by atoms with van der Waals surface area (Å²) in [5.41, 5.74) is 1.88. The summed E-state index contributed by atoms with van der Waals surface area (Å²) < 4.78 is 5.67. The molecule has 25 heavy (non-hydrogen) atoms. The van der Waals surface area contributed by atoms with Crippen molar-refractivity contribution >= 4 is 17.6 Å². The molecule has 1 aliphatic heterocycles. The number of ether oxygens (including phenoxy) is 1. The normalized spacial score (nSPS) is 16.7. The molecule has 1 N–H and O–H groups in total. The predicted octanol–water partition coefficient (Wildman–Crippen LogP) is 3.05. The summed E-state index contributed by atoms with van der Waals surface area (Å²) >= 11 is 5.86. The van der Waals surface area contributed by atoms with Crippen LogP contribution in [0, 0.1) is 12.8 Å². The number of amides is 2. The minimum Gasteiger partial charge on any atom is -0.476 e. The van der Waals surface area contributed by atoms with Gasteiger partial charge in [-0.05, 0) is 37.1 Å². The van der Waals surface area contributed by atoms with Gasteiger partial charge in [0.25, 0.3) is 0 Å². The van der Waals surface area contributed by atoms with Crippen LogP contribution in [0.1, 0.15) is 17.7 Å². The second kappa shape index (κ2) is 8.16. The third kappa shape index (κ3) is 5.06. The molecule has 0 radical (unpaired) electrons. The molecule has 0 aliphatic carbocycles. The van der Waals surface area contributed by atoms with Crippen molar-refractivity contribution in [1.29, 1.82) is 0 Å². The van der Waals surface area contributed by atoms with Gasteiger partial charge < -0.3 is 15.0 Å². The first-order valence-electron chi connectivity index (χ1n) is 8.30. The molecule has 7 heteroatoms. The Kier molecular flexibility index (Phi) is 5.71. The van der Waals surface area contributed by atoms with Crippen LogP contribution in [0.5, 0.6) is 5.88 Å². The number of nitrogens with one attached hydrogen (secondary N) is 1. The summed E-state index contributed by atoms with van der Waals surface area (Å²) in [5, 5.41) is 11.6. The molecule has 6 nitrogen and oxygen atoms in total. The fourth-order valence-corrected chi connectivity index (χ4v) is 2.84. The summed E-state index contributed by atoms with van der Waals surface area (Å²) in [6.07, 6.45) is 0.924. The van der Waals surface area contributed by atoms with Crippen molar-refractivity contribution in [2.45, 2.75) is 19.9 Å². The number of carbonyl (C=O) groups is 1. The third-order valence-electron chi connectivity index (χ3n) is 4.17. The quantitative estimate of drug-likeness (QED) is 0.889. The van der Waals surface area contributed by atoms with Crippen molar-refractivity contribution in [2.75, 3.05) is 19.7 Å². The molecule has 132 valence electrons. The Bertz CT molecular complexity index is 706.